The van der Waals surface area contributed by atoms with Crippen LogP contribution in [0.15, 0.2) is 60.7 Å². The molecule has 4 aromatic carbocycles. The summed E-state index contributed by atoms with van der Waals surface area (Å²) >= 11 is 0. The summed E-state index contributed by atoms with van der Waals surface area (Å²) in [6.45, 7) is 47.5. The number of fused-ring (bicyclic) bond motifs is 2. The molecule has 1 aliphatic rings. The Morgan fingerprint density at radius 2 is 0.786 bits per heavy atom. The maximum Gasteiger partial charge on any atom is 0.183 e. The molecule has 0 spiro atoms. The minimum Gasteiger partial charge on any atom is -0.457 e. The second-order valence-electron chi connectivity index (χ2n) is 21.8. The van der Waals surface area contributed by atoms with E-state index in [4.69, 9.17) is 4.74 Å². The third-order valence-electron chi connectivity index (χ3n) is 12.4. The highest BCUT2D eigenvalue weighted by Crippen LogP contribution is 2.50. The molecule has 304 valence electrons. The Morgan fingerprint density at radius 1 is 0.500 bits per heavy atom. The standard InChI is InChI=1S/C51H76N2OSi2/c1-31(2)37-23-21-24-38(32(3)4)45(37)52-55(17,18)43-29-35(49(9,10)11)27-41-47(43)54-48-42(51(41,15)16)28-36(50(12,13)14)30-44(48)56(19,20)53-46-39(33(5)6)25-22-26-40(46)34(7)8/h21-34,52-53H,1-20H3. The quantitative estimate of drug-likeness (QED) is 0.157. The smallest absolute Gasteiger partial charge is 0.183 e. The van der Waals surface area contributed by atoms with Gasteiger partial charge in [-0.1, -0.05) is 171 Å². The van der Waals surface area contributed by atoms with E-state index in [1.807, 2.05) is 0 Å². The van der Waals surface area contributed by atoms with Gasteiger partial charge in [-0.3, -0.25) is 0 Å². The Morgan fingerprint density at radius 3 is 1.04 bits per heavy atom. The summed E-state index contributed by atoms with van der Waals surface area (Å²) in [5.74, 6) is 3.77. The number of anilines is 2. The van der Waals surface area contributed by atoms with Crippen LogP contribution in [-0.4, -0.2) is 16.5 Å². The largest absolute Gasteiger partial charge is 0.457 e. The van der Waals surface area contributed by atoms with E-state index in [1.165, 1.54) is 66.3 Å². The highest BCUT2D eigenvalue weighted by atomic mass is 28.3. The van der Waals surface area contributed by atoms with E-state index >= 15 is 0 Å². The van der Waals surface area contributed by atoms with Gasteiger partial charge in [-0.15, -0.1) is 0 Å². The summed E-state index contributed by atoms with van der Waals surface area (Å²) in [7, 11) is -4.87. The Hall–Kier alpha value is -3.29. The van der Waals surface area contributed by atoms with Gasteiger partial charge in [-0.2, -0.15) is 0 Å². The van der Waals surface area contributed by atoms with Gasteiger partial charge < -0.3 is 14.7 Å². The number of para-hydroxylation sites is 2. The first-order chi connectivity index (χ1) is 25.6. The molecule has 0 aromatic heterocycles. The van der Waals surface area contributed by atoms with Crippen molar-refractivity contribution in [3.05, 3.63) is 105 Å². The molecule has 1 heterocycles. The van der Waals surface area contributed by atoms with Gasteiger partial charge in [0.1, 0.15) is 11.5 Å². The maximum atomic E-state index is 7.66. The molecule has 0 unspecified atom stereocenters. The van der Waals surface area contributed by atoms with Gasteiger partial charge in [0.05, 0.1) is 0 Å². The molecule has 2 N–H and O–H groups in total. The molecule has 1 aliphatic heterocycles. The summed E-state index contributed by atoms with van der Waals surface area (Å²) in [6, 6.07) is 23.7. The third kappa shape index (κ3) is 8.32. The van der Waals surface area contributed by atoms with Crippen molar-refractivity contribution >= 4 is 38.2 Å². The summed E-state index contributed by atoms with van der Waals surface area (Å²) in [5.41, 5.74) is 13.2. The SMILES string of the molecule is CC(C)c1cccc(C(C)C)c1N[Si](C)(C)c1cc(C(C)(C)C)cc2c1Oc1c(cc(C(C)(C)C)cc1[Si](C)(C)Nc1c(C(C)C)cccc1C(C)C)C2(C)C. The zero-order valence-electron chi connectivity index (χ0n) is 39.0. The zero-order chi connectivity index (χ0) is 42.1. The lowest BCUT2D eigenvalue weighted by Crippen LogP contribution is -2.54. The van der Waals surface area contributed by atoms with Crippen LogP contribution in [0.4, 0.5) is 11.4 Å². The van der Waals surface area contributed by atoms with Gasteiger partial charge in [0.25, 0.3) is 0 Å². The van der Waals surface area contributed by atoms with Crippen LogP contribution in [0.2, 0.25) is 26.2 Å². The van der Waals surface area contributed by atoms with Crippen LogP contribution >= 0.6 is 0 Å². The third-order valence-corrected chi connectivity index (χ3v) is 17.6. The van der Waals surface area contributed by atoms with Crippen LogP contribution in [0.5, 0.6) is 11.5 Å². The molecule has 0 aliphatic carbocycles. The van der Waals surface area contributed by atoms with E-state index in [0.717, 1.165) is 11.5 Å². The van der Waals surface area contributed by atoms with Crippen LogP contribution in [0.25, 0.3) is 0 Å². The van der Waals surface area contributed by atoms with Crippen molar-refractivity contribution in [2.45, 2.75) is 177 Å². The van der Waals surface area contributed by atoms with Crippen molar-refractivity contribution in [3.8, 4) is 11.5 Å². The van der Waals surface area contributed by atoms with E-state index in [-0.39, 0.29) is 16.2 Å². The second-order valence-corrected chi connectivity index (χ2v) is 29.8. The van der Waals surface area contributed by atoms with E-state index in [9.17, 15) is 0 Å². The zero-order valence-corrected chi connectivity index (χ0v) is 41.0. The van der Waals surface area contributed by atoms with Gasteiger partial charge in [0.15, 0.2) is 16.5 Å². The molecule has 0 bridgehead atoms. The van der Waals surface area contributed by atoms with Crippen LogP contribution < -0.4 is 25.1 Å². The molecule has 56 heavy (non-hydrogen) atoms. The minimum atomic E-state index is -2.43. The normalized spacial score (nSPS) is 14.6. The number of nitrogens with one attached hydrogen (secondary N) is 2. The lowest BCUT2D eigenvalue weighted by atomic mass is 9.72. The predicted octanol–water partition coefficient (Wildman–Crippen LogP) is 14.3. The average molecular weight is 789 g/mol. The summed E-state index contributed by atoms with van der Waals surface area (Å²) in [6.07, 6.45) is 0. The summed E-state index contributed by atoms with van der Waals surface area (Å²) < 4.78 is 7.66. The van der Waals surface area contributed by atoms with Crippen LogP contribution in [0.3, 0.4) is 0 Å². The Bertz CT molecular complexity index is 1890. The number of hydrogen-bond donors (Lipinski definition) is 2. The molecule has 5 rings (SSSR count). The molecule has 0 saturated carbocycles. The van der Waals surface area contributed by atoms with Gasteiger partial charge >= 0.3 is 0 Å². The molecule has 0 saturated heterocycles. The Labute approximate surface area is 345 Å². The van der Waals surface area contributed by atoms with Crippen LogP contribution in [0.1, 0.15) is 179 Å². The summed E-state index contributed by atoms with van der Waals surface area (Å²) in [5, 5.41) is 2.69. The van der Waals surface area contributed by atoms with E-state index in [2.05, 4.69) is 208 Å². The van der Waals surface area contributed by atoms with E-state index in [1.54, 1.807) is 0 Å². The first-order valence-electron chi connectivity index (χ1n) is 21.5. The van der Waals surface area contributed by atoms with Crippen molar-refractivity contribution in [3.63, 3.8) is 0 Å². The monoisotopic (exact) mass is 789 g/mol. The molecular formula is C51H76N2OSi2. The van der Waals surface area contributed by atoms with Crippen molar-refractivity contribution < 1.29 is 4.74 Å². The predicted molar refractivity (Wildman–Crippen MR) is 253 cm³/mol. The molecule has 0 radical (unpaired) electrons. The molecule has 0 fully saturated rings. The Balaban J connectivity index is 1.81. The van der Waals surface area contributed by atoms with Gasteiger partial charge in [0.2, 0.25) is 0 Å². The number of rotatable bonds is 10. The van der Waals surface area contributed by atoms with Crippen LogP contribution in [-0.2, 0) is 16.2 Å². The molecule has 5 heteroatoms. The van der Waals surface area contributed by atoms with Gasteiger partial charge in [0, 0.05) is 38.3 Å². The number of ether oxygens (including phenoxy) is 1. The first-order valence-corrected chi connectivity index (χ1v) is 27.5. The molecule has 0 atom stereocenters. The minimum absolute atomic E-state index is 0.0290. The Kier molecular flexibility index (Phi) is 11.9. The van der Waals surface area contributed by atoms with Crippen molar-refractivity contribution in [2.24, 2.45) is 0 Å². The lowest BCUT2D eigenvalue weighted by molar-refractivity contribution is 0.421. The lowest BCUT2D eigenvalue weighted by Gasteiger charge is -2.43. The molecule has 4 aromatic rings. The molecular weight excluding hydrogens is 713 g/mol. The average Bonchev–Trinajstić information content (AvgIpc) is 3.06. The number of hydrogen-bond acceptors (Lipinski definition) is 3. The van der Waals surface area contributed by atoms with Crippen molar-refractivity contribution in [2.75, 3.05) is 9.96 Å². The number of benzene rings is 4. The summed E-state index contributed by atoms with van der Waals surface area (Å²) in [4.78, 5) is 8.62. The maximum absolute atomic E-state index is 7.66. The van der Waals surface area contributed by atoms with Gasteiger partial charge in [-0.05, 0) is 94.1 Å². The van der Waals surface area contributed by atoms with Crippen molar-refractivity contribution in [1.82, 2.24) is 0 Å². The second kappa shape index (κ2) is 15.1. The van der Waals surface area contributed by atoms with E-state index in [0.29, 0.717) is 23.7 Å². The fourth-order valence-electron chi connectivity index (χ4n) is 8.60. The van der Waals surface area contributed by atoms with Crippen LogP contribution in [0, 0.1) is 0 Å². The van der Waals surface area contributed by atoms with Gasteiger partial charge in [-0.25, -0.2) is 0 Å². The highest BCUT2D eigenvalue weighted by molar-refractivity contribution is 6.93. The first kappa shape index (κ1) is 43.8. The topological polar surface area (TPSA) is 33.3 Å². The van der Waals surface area contributed by atoms with E-state index < -0.39 is 16.5 Å². The van der Waals surface area contributed by atoms with Crippen molar-refractivity contribution in [1.29, 1.82) is 0 Å². The molecule has 0 amide bonds. The molecule has 3 nitrogen and oxygen atoms in total. The fourth-order valence-corrected chi connectivity index (χ4v) is 13.2. The fraction of sp³-hybridized carbons (Fsp3) is 0.529. The highest BCUT2D eigenvalue weighted by Gasteiger charge is 2.44.